The van der Waals surface area contributed by atoms with Gasteiger partial charge in [0.25, 0.3) is 0 Å². The molecule has 0 saturated carbocycles. The van der Waals surface area contributed by atoms with E-state index in [4.69, 9.17) is 4.74 Å². The van der Waals surface area contributed by atoms with E-state index in [0.29, 0.717) is 12.2 Å². The van der Waals surface area contributed by atoms with Gasteiger partial charge in [-0.25, -0.2) is 0 Å². The fraction of sp³-hybridized carbons (Fsp3) is 1.00. The lowest BCUT2D eigenvalue weighted by Crippen LogP contribution is -2.47. The van der Waals surface area contributed by atoms with Gasteiger partial charge in [-0.1, -0.05) is 0 Å². The van der Waals surface area contributed by atoms with Crippen LogP contribution in [-0.4, -0.2) is 37.2 Å². The summed E-state index contributed by atoms with van der Waals surface area (Å²) in [5.74, 6) is 0. The zero-order valence-corrected chi connectivity index (χ0v) is 6.55. The van der Waals surface area contributed by atoms with E-state index in [1.807, 2.05) is 0 Å². The van der Waals surface area contributed by atoms with Gasteiger partial charge in [-0.15, -0.1) is 0 Å². The number of likely N-dealkylation sites (N-methyl/N-ethyl adjacent to an activating group) is 1. The highest BCUT2D eigenvalue weighted by Crippen LogP contribution is 2.23. The summed E-state index contributed by atoms with van der Waals surface area (Å²) in [4.78, 5) is 2.39. The van der Waals surface area contributed by atoms with Gasteiger partial charge in [0.2, 0.25) is 0 Å². The fourth-order valence-electron chi connectivity index (χ4n) is 2.02. The third kappa shape index (κ3) is 1.18. The van der Waals surface area contributed by atoms with Crippen LogP contribution in [0.3, 0.4) is 0 Å². The molecule has 2 heteroatoms. The number of hydrogen-bond donors (Lipinski definition) is 0. The number of nitrogens with zero attached hydrogens (tertiary/aromatic N) is 1. The van der Waals surface area contributed by atoms with Crippen LogP contribution in [0.5, 0.6) is 0 Å². The molecule has 2 nitrogen and oxygen atoms in total. The van der Waals surface area contributed by atoms with Crippen molar-refractivity contribution in [3.8, 4) is 0 Å². The molecule has 0 aromatic rings. The second-order valence-electron chi connectivity index (χ2n) is 3.53. The van der Waals surface area contributed by atoms with Crippen LogP contribution in [0.2, 0.25) is 0 Å². The van der Waals surface area contributed by atoms with Gasteiger partial charge in [0.05, 0.1) is 12.2 Å². The Morgan fingerprint density at radius 1 is 1.20 bits per heavy atom. The number of ether oxygens (including phenoxy) is 1. The molecule has 2 aliphatic rings. The minimum absolute atomic E-state index is 0.553. The van der Waals surface area contributed by atoms with Gasteiger partial charge in [0, 0.05) is 13.1 Å². The Balaban J connectivity index is 1.98. The van der Waals surface area contributed by atoms with E-state index >= 15 is 0 Å². The highest BCUT2D eigenvalue weighted by Gasteiger charge is 2.28. The Morgan fingerprint density at radius 3 is 2.40 bits per heavy atom. The van der Waals surface area contributed by atoms with Gasteiger partial charge in [-0.3, -0.25) is 0 Å². The summed E-state index contributed by atoms with van der Waals surface area (Å²) in [5, 5.41) is 0. The van der Waals surface area contributed by atoms with Crippen LogP contribution < -0.4 is 0 Å². The zero-order valence-electron chi connectivity index (χ0n) is 6.55. The second kappa shape index (κ2) is 2.51. The summed E-state index contributed by atoms with van der Waals surface area (Å²) in [6.07, 6.45) is 5.04. The lowest BCUT2D eigenvalue weighted by Gasteiger charge is -2.39. The molecule has 0 aromatic carbocycles. The number of hydrogen-bond acceptors (Lipinski definition) is 2. The molecule has 2 rings (SSSR count). The van der Waals surface area contributed by atoms with E-state index in [1.54, 1.807) is 0 Å². The summed E-state index contributed by atoms with van der Waals surface area (Å²) >= 11 is 0. The predicted octanol–water partition coefficient (Wildman–Crippen LogP) is 0.869. The Hall–Kier alpha value is -0.0800. The van der Waals surface area contributed by atoms with Crippen LogP contribution in [0.15, 0.2) is 0 Å². The maximum Gasteiger partial charge on any atom is 0.0706 e. The van der Waals surface area contributed by atoms with Crippen molar-refractivity contribution in [3.63, 3.8) is 0 Å². The summed E-state index contributed by atoms with van der Waals surface area (Å²) in [6, 6.07) is 0. The van der Waals surface area contributed by atoms with E-state index in [1.165, 1.54) is 19.3 Å². The normalized spacial score (nSPS) is 41.7. The van der Waals surface area contributed by atoms with Gasteiger partial charge in [0.1, 0.15) is 0 Å². The molecule has 0 radical (unpaired) electrons. The molecule has 2 fully saturated rings. The molecule has 2 atom stereocenters. The molecule has 2 saturated heterocycles. The van der Waals surface area contributed by atoms with Crippen molar-refractivity contribution < 1.29 is 4.74 Å². The first-order chi connectivity index (χ1) is 4.84. The second-order valence-corrected chi connectivity index (χ2v) is 3.53. The van der Waals surface area contributed by atoms with Gasteiger partial charge in [0.15, 0.2) is 0 Å². The molecule has 2 aliphatic heterocycles. The van der Waals surface area contributed by atoms with Crippen LogP contribution in [0, 0.1) is 0 Å². The fourth-order valence-corrected chi connectivity index (χ4v) is 2.02. The first-order valence-corrected chi connectivity index (χ1v) is 4.18. The molecule has 0 N–H and O–H groups in total. The zero-order chi connectivity index (χ0) is 6.97. The largest absolute Gasteiger partial charge is 0.372 e. The van der Waals surface area contributed by atoms with Crippen LogP contribution in [-0.2, 0) is 4.74 Å². The molecule has 0 aliphatic carbocycles. The Kier molecular flexibility index (Phi) is 1.66. The Morgan fingerprint density at radius 2 is 1.80 bits per heavy atom. The van der Waals surface area contributed by atoms with E-state index in [-0.39, 0.29) is 0 Å². The summed E-state index contributed by atoms with van der Waals surface area (Å²) < 4.78 is 5.75. The highest BCUT2D eigenvalue weighted by atomic mass is 16.5. The Bertz CT molecular complexity index is 110. The Labute approximate surface area is 62.2 Å². The molecule has 2 bridgehead atoms. The van der Waals surface area contributed by atoms with Crippen molar-refractivity contribution in [2.45, 2.75) is 31.5 Å². The van der Waals surface area contributed by atoms with Crippen molar-refractivity contribution in [2.24, 2.45) is 0 Å². The molecule has 0 amide bonds. The molecule has 0 spiro atoms. The minimum Gasteiger partial charge on any atom is -0.372 e. The van der Waals surface area contributed by atoms with Crippen molar-refractivity contribution in [1.82, 2.24) is 4.90 Å². The van der Waals surface area contributed by atoms with Crippen molar-refractivity contribution in [2.75, 3.05) is 20.1 Å². The van der Waals surface area contributed by atoms with Gasteiger partial charge >= 0.3 is 0 Å². The monoisotopic (exact) mass is 141 g/mol. The van der Waals surface area contributed by atoms with Crippen LogP contribution in [0.1, 0.15) is 19.3 Å². The topological polar surface area (TPSA) is 12.5 Å². The van der Waals surface area contributed by atoms with E-state index < -0.39 is 0 Å². The SMILES string of the molecule is CN1CC2CCCC(C1)O2. The number of likely N-dealkylation sites (tertiary alicyclic amines) is 1. The first kappa shape index (κ1) is 6.62. The summed E-state index contributed by atoms with van der Waals surface area (Å²) in [7, 11) is 2.19. The van der Waals surface area contributed by atoms with E-state index in [9.17, 15) is 0 Å². The molecule has 2 unspecified atom stereocenters. The maximum atomic E-state index is 5.75. The van der Waals surface area contributed by atoms with E-state index in [2.05, 4.69) is 11.9 Å². The highest BCUT2D eigenvalue weighted by molar-refractivity contribution is 4.80. The van der Waals surface area contributed by atoms with Crippen molar-refractivity contribution in [1.29, 1.82) is 0 Å². The average Bonchev–Trinajstić information content (AvgIpc) is 1.85. The van der Waals surface area contributed by atoms with Crippen molar-refractivity contribution in [3.05, 3.63) is 0 Å². The van der Waals surface area contributed by atoms with Crippen LogP contribution in [0.4, 0.5) is 0 Å². The summed E-state index contributed by atoms with van der Waals surface area (Å²) in [6.45, 7) is 2.30. The number of rotatable bonds is 0. The number of morpholine rings is 1. The quantitative estimate of drug-likeness (QED) is 0.496. The number of fused-ring (bicyclic) bond motifs is 2. The van der Waals surface area contributed by atoms with Crippen LogP contribution >= 0.6 is 0 Å². The van der Waals surface area contributed by atoms with Gasteiger partial charge in [-0.2, -0.15) is 0 Å². The third-order valence-corrected chi connectivity index (χ3v) is 2.47. The average molecular weight is 141 g/mol. The van der Waals surface area contributed by atoms with Gasteiger partial charge in [-0.05, 0) is 26.3 Å². The molecule has 2 heterocycles. The standard InChI is InChI=1S/C8H15NO/c1-9-5-7-3-2-4-8(6-9)10-7/h7-8H,2-6H2,1H3. The lowest BCUT2D eigenvalue weighted by molar-refractivity contribution is -0.107. The molecule has 10 heavy (non-hydrogen) atoms. The summed E-state index contributed by atoms with van der Waals surface area (Å²) in [5.41, 5.74) is 0. The van der Waals surface area contributed by atoms with E-state index in [0.717, 1.165) is 13.1 Å². The predicted molar refractivity (Wildman–Crippen MR) is 40.0 cm³/mol. The maximum absolute atomic E-state index is 5.75. The lowest BCUT2D eigenvalue weighted by atomic mass is 10.0. The van der Waals surface area contributed by atoms with Gasteiger partial charge < -0.3 is 9.64 Å². The molecular weight excluding hydrogens is 126 g/mol. The third-order valence-electron chi connectivity index (χ3n) is 2.47. The molecule has 0 aromatic heterocycles. The minimum atomic E-state index is 0.553. The molecule has 58 valence electrons. The van der Waals surface area contributed by atoms with Crippen LogP contribution in [0.25, 0.3) is 0 Å². The first-order valence-electron chi connectivity index (χ1n) is 4.18. The molecular formula is C8H15NO. The van der Waals surface area contributed by atoms with Crippen molar-refractivity contribution >= 4 is 0 Å². The smallest absolute Gasteiger partial charge is 0.0706 e.